The van der Waals surface area contributed by atoms with E-state index in [2.05, 4.69) is 24.1 Å². The Bertz CT molecular complexity index is 165. The largest absolute Gasteiger partial charge is 0.314 e. The maximum atomic E-state index is 3.52. The third kappa shape index (κ3) is 2.05. The topological polar surface area (TPSA) is 15.3 Å². The summed E-state index contributed by atoms with van der Waals surface area (Å²) < 4.78 is 0. The predicted octanol–water partition coefficient (Wildman–Crippen LogP) is 1.47. The number of nitrogens with one attached hydrogen (secondary N) is 1. The third-order valence-corrected chi connectivity index (χ3v) is 3.65. The van der Waals surface area contributed by atoms with Crippen LogP contribution in [0.4, 0.5) is 0 Å². The average molecular weight is 182 g/mol. The number of hydrogen-bond acceptors (Lipinski definition) is 2. The van der Waals surface area contributed by atoms with Crippen molar-refractivity contribution in [2.75, 3.05) is 19.6 Å². The highest BCUT2D eigenvalue weighted by Crippen LogP contribution is 2.36. The average Bonchev–Trinajstić information content (AvgIpc) is 3.00. The van der Waals surface area contributed by atoms with E-state index >= 15 is 0 Å². The summed E-state index contributed by atoms with van der Waals surface area (Å²) in [5, 5.41) is 3.52. The molecule has 1 saturated carbocycles. The van der Waals surface area contributed by atoms with Crippen LogP contribution in [0, 0.1) is 5.92 Å². The Morgan fingerprint density at radius 2 is 2.23 bits per heavy atom. The first-order chi connectivity index (χ1) is 6.33. The lowest BCUT2D eigenvalue weighted by atomic mass is 10.0. The van der Waals surface area contributed by atoms with Crippen molar-refractivity contribution in [3.8, 4) is 0 Å². The van der Waals surface area contributed by atoms with Crippen molar-refractivity contribution >= 4 is 0 Å². The molecule has 1 N–H and O–H groups in total. The molecule has 0 bridgehead atoms. The molecular weight excluding hydrogens is 160 g/mol. The van der Waals surface area contributed by atoms with Crippen molar-refractivity contribution in [1.82, 2.24) is 10.2 Å². The van der Waals surface area contributed by atoms with E-state index in [-0.39, 0.29) is 0 Å². The summed E-state index contributed by atoms with van der Waals surface area (Å²) in [5.74, 6) is 1.02. The van der Waals surface area contributed by atoms with E-state index in [0.717, 1.165) is 18.0 Å². The Balaban J connectivity index is 1.95. The van der Waals surface area contributed by atoms with Gasteiger partial charge >= 0.3 is 0 Å². The van der Waals surface area contributed by atoms with Crippen LogP contribution in [0.25, 0.3) is 0 Å². The zero-order valence-electron chi connectivity index (χ0n) is 8.92. The molecular formula is C11H22N2. The van der Waals surface area contributed by atoms with E-state index < -0.39 is 0 Å². The highest BCUT2D eigenvalue weighted by atomic mass is 15.2. The van der Waals surface area contributed by atoms with Gasteiger partial charge in [-0.25, -0.2) is 0 Å². The second-order valence-electron chi connectivity index (χ2n) is 4.60. The van der Waals surface area contributed by atoms with Crippen LogP contribution >= 0.6 is 0 Å². The zero-order chi connectivity index (χ0) is 9.26. The molecule has 0 amide bonds. The summed E-state index contributed by atoms with van der Waals surface area (Å²) >= 11 is 0. The van der Waals surface area contributed by atoms with Crippen LogP contribution in [0.5, 0.6) is 0 Å². The molecule has 0 radical (unpaired) electrons. The van der Waals surface area contributed by atoms with Crippen molar-refractivity contribution in [2.24, 2.45) is 5.92 Å². The maximum Gasteiger partial charge on any atom is 0.0252 e. The van der Waals surface area contributed by atoms with Crippen LogP contribution in [0.1, 0.15) is 33.1 Å². The minimum Gasteiger partial charge on any atom is -0.314 e. The van der Waals surface area contributed by atoms with E-state index in [0.29, 0.717) is 0 Å². The molecule has 0 spiro atoms. The van der Waals surface area contributed by atoms with E-state index in [1.807, 2.05) is 0 Å². The van der Waals surface area contributed by atoms with Crippen molar-refractivity contribution in [1.29, 1.82) is 0 Å². The highest BCUT2D eigenvalue weighted by Gasteiger charge is 2.37. The lowest BCUT2D eigenvalue weighted by molar-refractivity contribution is 0.0979. The zero-order valence-corrected chi connectivity index (χ0v) is 8.92. The first kappa shape index (κ1) is 9.47. The molecule has 0 aromatic rings. The van der Waals surface area contributed by atoms with Gasteiger partial charge in [-0.05, 0) is 32.1 Å². The van der Waals surface area contributed by atoms with E-state index in [1.54, 1.807) is 0 Å². The van der Waals surface area contributed by atoms with Gasteiger partial charge in [-0.15, -0.1) is 0 Å². The highest BCUT2D eigenvalue weighted by molar-refractivity contribution is 4.93. The SMILES string of the molecule is CCC(C)N1CCNCC1C1CC1. The number of rotatable bonds is 3. The van der Waals surface area contributed by atoms with Crippen LogP contribution in [0.2, 0.25) is 0 Å². The van der Waals surface area contributed by atoms with Gasteiger partial charge in [0.1, 0.15) is 0 Å². The molecule has 2 aliphatic rings. The van der Waals surface area contributed by atoms with Gasteiger partial charge in [-0.2, -0.15) is 0 Å². The summed E-state index contributed by atoms with van der Waals surface area (Å²) in [6.45, 7) is 8.36. The summed E-state index contributed by atoms with van der Waals surface area (Å²) in [4.78, 5) is 2.73. The monoisotopic (exact) mass is 182 g/mol. The lowest BCUT2D eigenvalue weighted by Gasteiger charge is -2.40. The fourth-order valence-corrected chi connectivity index (χ4v) is 2.44. The lowest BCUT2D eigenvalue weighted by Crippen LogP contribution is -2.55. The number of nitrogens with zero attached hydrogens (tertiary/aromatic N) is 1. The number of hydrogen-bond donors (Lipinski definition) is 1. The first-order valence-electron chi connectivity index (χ1n) is 5.79. The van der Waals surface area contributed by atoms with Crippen molar-refractivity contribution in [3.05, 3.63) is 0 Å². The molecule has 1 aliphatic heterocycles. The Kier molecular flexibility index (Phi) is 2.89. The van der Waals surface area contributed by atoms with Crippen LogP contribution in [0.3, 0.4) is 0 Å². The fourth-order valence-electron chi connectivity index (χ4n) is 2.44. The molecule has 2 nitrogen and oxygen atoms in total. The molecule has 2 fully saturated rings. The van der Waals surface area contributed by atoms with E-state index in [1.165, 1.54) is 38.9 Å². The standard InChI is InChI=1S/C11H22N2/c1-3-9(2)13-7-6-12-8-11(13)10-4-5-10/h9-12H,3-8H2,1-2H3. The fraction of sp³-hybridized carbons (Fsp3) is 1.00. The van der Waals surface area contributed by atoms with Gasteiger partial charge in [-0.3, -0.25) is 4.90 Å². The second kappa shape index (κ2) is 3.97. The molecule has 1 heterocycles. The van der Waals surface area contributed by atoms with Gasteiger partial charge in [0.2, 0.25) is 0 Å². The third-order valence-electron chi connectivity index (χ3n) is 3.65. The molecule has 2 atom stereocenters. The molecule has 13 heavy (non-hydrogen) atoms. The Morgan fingerprint density at radius 3 is 2.85 bits per heavy atom. The quantitative estimate of drug-likeness (QED) is 0.711. The van der Waals surface area contributed by atoms with Gasteiger partial charge in [0.15, 0.2) is 0 Å². The van der Waals surface area contributed by atoms with Gasteiger partial charge in [0.25, 0.3) is 0 Å². The minimum atomic E-state index is 0.785. The summed E-state index contributed by atoms with van der Waals surface area (Å²) in [6.07, 6.45) is 4.24. The Hall–Kier alpha value is -0.0800. The molecule has 1 aliphatic carbocycles. The van der Waals surface area contributed by atoms with Gasteiger partial charge in [0, 0.05) is 31.7 Å². The molecule has 2 heteroatoms. The Morgan fingerprint density at radius 1 is 1.46 bits per heavy atom. The van der Waals surface area contributed by atoms with Crippen molar-refractivity contribution in [2.45, 2.75) is 45.2 Å². The number of piperazine rings is 1. The van der Waals surface area contributed by atoms with Gasteiger partial charge in [0.05, 0.1) is 0 Å². The van der Waals surface area contributed by atoms with Crippen LogP contribution < -0.4 is 5.32 Å². The van der Waals surface area contributed by atoms with Crippen LogP contribution in [-0.2, 0) is 0 Å². The summed E-state index contributed by atoms with van der Waals surface area (Å²) in [7, 11) is 0. The summed E-state index contributed by atoms with van der Waals surface area (Å²) in [5.41, 5.74) is 0. The Labute approximate surface area is 81.7 Å². The minimum absolute atomic E-state index is 0.785. The van der Waals surface area contributed by atoms with Crippen molar-refractivity contribution in [3.63, 3.8) is 0 Å². The van der Waals surface area contributed by atoms with E-state index in [9.17, 15) is 0 Å². The van der Waals surface area contributed by atoms with Gasteiger partial charge < -0.3 is 5.32 Å². The smallest absolute Gasteiger partial charge is 0.0252 e. The molecule has 2 rings (SSSR count). The van der Waals surface area contributed by atoms with Crippen LogP contribution in [0.15, 0.2) is 0 Å². The molecule has 76 valence electrons. The second-order valence-corrected chi connectivity index (χ2v) is 4.60. The normalized spacial score (nSPS) is 33.2. The van der Waals surface area contributed by atoms with Gasteiger partial charge in [-0.1, -0.05) is 6.92 Å². The first-order valence-corrected chi connectivity index (χ1v) is 5.79. The molecule has 2 unspecified atom stereocenters. The molecule has 0 aromatic carbocycles. The molecule has 1 saturated heterocycles. The molecule has 0 aromatic heterocycles. The maximum absolute atomic E-state index is 3.52. The van der Waals surface area contributed by atoms with E-state index in [4.69, 9.17) is 0 Å². The van der Waals surface area contributed by atoms with Crippen LogP contribution in [-0.4, -0.2) is 36.6 Å². The van der Waals surface area contributed by atoms with Crippen molar-refractivity contribution < 1.29 is 0 Å². The summed E-state index contributed by atoms with van der Waals surface area (Å²) in [6, 6.07) is 1.64. The predicted molar refractivity (Wildman–Crippen MR) is 55.8 cm³/mol.